The zero-order chi connectivity index (χ0) is 31.2. The van der Waals surface area contributed by atoms with Crippen molar-refractivity contribution in [2.24, 2.45) is 0 Å². The predicted molar refractivity (Wildman–Crippen MR) is 155 cm³/mol. The van der Waals surface area contributed by atoms with Gasteiger partial charge in [-0.2, -0.15) is 0 Å². The molecule has 0 saturated carbocycles. The summed E-state index contributed by atoms with van der Waals surface area (Å²) in [6, 6.07) is 14.4. The van der Waals surface area contributed by atoms with Gasteiger partial charge in [0.1, 0.15) is 23.1 Å². The summed E-state index contributed by atoms with van der Waals surface area (Å²) >= 11 is 0. The number of benzene rings is 3. The zero-order valence-electron chi connectivity index (χ0n) is 23.8. The molecule has 11 heteroatoms. The number of ether oxygens (including phenoxy) is 4. The van der Waals surface area contributed by atoms with Crippen molar-refractivity contribution in [3.05, 3.63) is 90.8 Å². The van der Waals surface area contributed by atoms with Crippen molar-refractivity contribution < 1.29 is 46.1 Å². The van der Waals surface area contributed by atoms with Crippen LogP contribution < -0.4 is 14.2 Å². The lowest BCUT2D eigenvalue weighted by Crippen LogP contribution is -2.11. The number of carbonyl (C=O) groups excluding carboxylic acids is 3. The summed E-state index contributed by atoms with van der Waals surface area (Å²) in [5.74, 6) is -2.16. The first-order valence-electron chi connectivity index (χ1n) is 13.7. The fourth-order valence-corrected chi connectivity index (χ4v) is 5.18. The summed E-state index contributed by atoms with van der Waals surface area (Å²) in [5.41, 5.74) is -0.296. The summed E-state index contributed by atoms with van der Waals surface area (Å²) < 4.78 is 61.1. The van der Waals surface area contributed by atoms with Gasteiger partial charge in [-0.05, 0) is 73.5 Å². The van der Waals surface area contributed by atoms with Crippen LogP contribution >= 0.6 is 0 Å². The Balaban J connectivity index is 1.44. The highest BCUT2D eigenvalue weighted by Gasteiger charge is 2.19. The van der Waals surface area contributed by atoms with Gasteiger partial charge in [0.25, 0.3) is 0 Å². The van der Waals surface area contributed by atoms with E-state index in [9.17, 15) is 27.2 Å². The average Bonchev–Trinajstić information content (AvgIpc) is 2.98. The van der Waals surface area contributed by atoms with Crippen LogP contribution in [0.25, 0.3) is 0 Å². The van der Waals surface area contributed by atoms with E-state index >= 15 is 0 Å². The van der Waals surface area contributed by atoms with Crippen molar-refractivity contribution in [1.82, 2.24) is 0 Å². The molecular formula is C32H33FO9S. The van der Waals surface area contributed by atoms with Gasteiger partial charge in [-0.3, -0.25) is 4.79 Å². The molecule has 0 N–H and O–H groups in total. The maximum absolute atomic E-state index is 14.6. The average molecular weight is 613 g/mol. The maximum atomic E-state index is 14.6. The second kappa shape index (κ2) is 16.2. The molecule has 3 aromatic rings. The highest BCUT2D eigenvalue weighted by molar-refractivity contribution is 7.91. The second-order valence-electron chi connectivity index (χ2n) is 9.41. The van der Waals surface area contributed by atoms with Crippen LogP contribution in [0, 0.1) is 5.82 Å². The first-order valence-corrected chi connectivity index (χ1v) is 15.2. The van der Waals surface area contributed by atoms with E-state index in [1.165, 1.54) is 67.6 Å². The summed E-state index contributed by atoms with van der Waals surface area (Å²) in [5, 5.41) is 0. The Bertz CT molecular complexity index is 1520. The monoisotopic (exact) mass is 612 g/mol. The Hall–Kier alpha value is -4.51. The molecule has 0 saturated heterocycles. The molecule has 0 aliphatic rings. The molecule has 0 amide bonds. The second-order valence-corrected chi connectivity index (χ2v) is 11.4. The molecule has 0 aliphatic heterocycles. The summed E-state index contributed by atoms with van der Waals surface area (Å²) in [4.78, 5) is 34.5. The standard InChI is InChI=1S/C32H33FO9S/c1-3-31(35)40-21-9-7-5-4-6-8-20-39-26-14-19-29(30(33)22-26)32(36)42-25-12-17-28(18-13-25)43(37,38)27-15-10-24(11-16-27)41-23(2)34/h3,10-19,22H,1,4-9,20-21H2,2H3. The van der Waals surface area contributed by atoms with Gasteiger partial charge in [-0.1, -0.05) is 32.3 Å². The van der Waals surface area contributed by atoms with Gasteiger partial charge in [0.2, 0.25) is 9.84 Å². The van der Waals surface area contributed by atoms with Crippen LogP contribution in [0.3, 0.4) is 0 Å². The van der Waals surface area contributed by atoms with E-state index in [-0.39, 0.29) is 32.6 Å². The molecule has 0 spiro atoms. The molecule has 3 rings (SSSR count). The zero-order valence-corrected chi connectivity index (χ0v) is 24.6. The molecule has 0 fully saturated rings. The molecule has 0 unspecified atom stereocenters. The summed E-state index contributed by atoms with van der Waals surface area (Å²) in [6.07, 6.45) is 6.60. The molecule has 3 aromatic carbocycles. The van der Waals surface area contributed by atoms with Crippen LogP contribution in [-0.4, -0.2) is 39.5 Å². The minimum Gasteiger partial charge on any atom is -0.493 e. The van der Waals surface area contributed by atoms with E-state index in [1.807, 2.05) is 0 Å². The number of unbranched alkanes of at least 4 members (excludes halogenated alkanes) is 5. The molecule has 9 nitrogen and oxygen atoms in total. The lowest BCUT2D eigenvalue weighted by molar-refractivity contribution is -0.138. The topological polar surface area (TPSA) is 122 Å². The number of hydrogen-bond acceptors (Lipinski definition) is 9. The summed E-state index contributed by atoms with van der Waals surface area (Å²) in [6.45, 7) is 5.36. The molecule has 0 aromatic heterocycles. The third-order valence-corrected chi connectivity index (χ3v) is 7.90. The number of carbonyl (C=O) groups is 3. The molecule has 43 heavy (non-hydrogen) atoms. The van der Waals surface area contributed by atoms with Crippen LogP contribution in [0.4, 0.5) is 4.39 Å². The number of sulfone groups is 1. The first kappa shape index (κ1) is 33.0. The van der Waals surface area contributed by atoms with Crippen LogP contribution in [0.5, 0.6) is 17.2 Å². The minimum atomic E-state index is -3.89. The minimum absolute atomic E-state index is 0.0155. The van der Waals surface area contributed by atoms with Gasteiger partial charge in [-0.15, -0.1) is 0 Å². The van der Waals surface area contributed by atoms with Crippen molar-refractivity contribution in [2.75, 3.05) is 13.2 Å². The molecular weight excluding hydrogens is 579 g/mol. The van der Waals surface area contributed by atoms with Crippen molar-refractivity contribution >= 4 is 27.7 Å². The van der Waals surface area contributed by atoms with Gasteiger partial charge >= 0.3 is 17.9 Å². The van der Waals surface area contributed by atoms with E-state index < -0.39 is 33.6 Å². The SMILES string of the molecule is C=CC(=O)OCCCCCCCCOc1ccc(C(=O)Oc2ccc(S(=O)(=O)c3ccc(OC(C)=O)cc3)cc2)c(F)c1. The predicted octanol–water partition coefficient (Wildman–Crippen LogP) is 6.25. The number of hydrogen-bond donors (Lipinski definition) is 0. The molecule has 0 heterocycles. The van der Waals surface area contributed by atoms with Crippen molar-refractivity contribution in [3.63, 3.8) is 0 Å². The lowest BCUT2D eigenvalue weighted by Gasteiger charge is -2.10. The highest BCUT2D eigenvalue weighted by Crippen LogP contribution is 2.26. The van der Waals surface area contributed by atoms with E-state index in [0.29, 0.717) is 13.2 Å². The van der Waals surface area contributed by atoms with Gasteiger partial charge in [-0.25, -0.2) is 22.4 Å². The Labute approximate surface area is 250 Å². The van der Waals surface area contributed by atoms with Crippen LogP contribution in [0.1, 0.15) is 55.8 Å². The number of esters is 3. The van der Waals surface area contributed by atoms with Gasteiger partial charge < -0.3 is 18.9 Å². The largest absolute Gasteiger partial charge is 0.493 e. The Morgan fingerprint density at radius 1 is 0.744 bits per heavy atom. The van der Waals surface area contributed by atoms with Crippen LogP contribution in [-0.2, 0) is 24.2 Å². The quantitative estimate of drug-likeness (QED) is 0.0799. The molecule has 0 aliphatic carbocycles. The lowest BCUT2D eigenvalue weighted by atomic mass is 10.1. The molecule has 0 atom stereocenters. The Morgan fingerprint density at radius 2 is 1.26 bits per heavy atom. The van der Waals surface area contributed by atoms with E-state index in [2.05, 4.69) is 6.58 Å². The normalized spacial score (nSPS) is 10.9. The van der Waals surface area contributed by atoms with Gasteiger partial charge in [0.05, 0.1) is 28.6 Å². The van der Waals surface area contributed by atoms with Gasteiger partial charge in [0, 0.05) is 19.1 Å². The fraction of sp³-hybridized carbons (Fsp3) is 0.281. The highest BCUT2D eigenvalue weighted by atomic mass is 32.2. The first-order chi connectivity index (χ1) is 20.6. The Morgan fingerprint density at radius 3 is 1.79 bits per heavy atom. The Kier molecular flexibility index (Phi) is 12.4. The van der Waals surface area contributed by atoms with E-state index in [0.717, 1.165) is 50.7 Å². The van der Waals surface area contributed by atoms with Crippen molar-refractivity contribution in [3.8, 4) is 17.2 Å². The number of halogens is 1. The smallest absolute Gasteiger partial charge is 0.346 e. The van der Waals surface area contributed by atoms with E-state index in [1.54, 1.807) is 0 Å². The molecule has 228 valence electrons. The number of rotatable bonds is 16. The fourth-order valence-electron chi connectivity index (χ4n) is 3.92. The van der Waals surface area contributed by atoms with Gasteiger partial charge in [0.15, 0.2) is 0 Å². The van der Waals surface area contributed by atoms with Crippen molar-refractivity contribution in [1.29, 1.82) is 0 Å². The third-order valence-electron chi connectivity index (χ3n) is 6.12. The molecule has 0 bridgehead atoms. The van der Waals surface area contributed by atoms with Crippen LogP contribution in [0.15, 0.2) is 89.2 Å². The van der Waals surface area contributed by atoms with Crippen molar-refractivity contribution in [2.45, 2.75) is 55.2 Å². The maximum Gasteiger partial charge on any atom is 0.346 e. The summed E-state index contributed by atoms with van der Waals surface area (Å²) in [7, 11) is -3.89. The van der Waals surface area contributed by atoms with E-state index in [4.69, 9.17) is 18.9 Å². The third kappa shape index (κ3) is 10.4. The molecule has 0 radical (unpaired) electrons. The van der Waals surface area contributed by atoms with Crippen LogP contribution in [0.2, 0.25) is 0 Å².